The van der Waals surface area contributed by atoms with Crippen molar-refractivity contribution in [3.63, 3.8) is 0 Å². The molecular formula is C18H17N3O3. The highest BCUT2D eigenvalue weighted by molar-refractivity contribution is 6.05. The number of carbonyl (C=O) groups excluding carboxylic acids is 2. The first-order valence-electron chi connectivity index (χ1n) is 7.42. The third kappa shape index (κ3) is 3.61. The summed E-state index contributed by atoms with van der Waals surface area (Å²) in [7, 11) is 1.46. The highest BCUT2D eigenvalue weighted by Gasteiger charge is 2.09. The molecule has 0 saturated carbocycles. The van der Waals surface area contributed by atoms with Gasteiger partial charge in [0.15, 0.2) is 0 Å². The number of anilines is 2. The average molecular weight is 323 g/mol. The molecule has 0 aliphatic carbocycles. The number of hydrogen-bond acceptors (Lipinski definition) is 3. The molecule has 0 unspecified atom stereocenters. The van der Waals surface area contributed by atoms with Crippen LogP contribution in [0.3, 0.4) is 0 Å². The number of methoxy groups -OCH3 is 1. The van der Waals surface area contributed by atoms with Crippen molar-refractivity contribution in [3.05, 3.63) is 66.5 Å². The van der Waals surface area contributed by atoms with E-state index >= 15 is 0 Å². The summed E-state index contributed by atoms with van der Waals surface area (Å²) in [4.78, 5) is 23.8. The minimum absolute atomic E-state index is 0.000697. The summed E-state index contributed by atoms with van der Waals surface area (Å²) in [5, 5.41) is 5.53. The molecule has 2 N–H and O–H groups in total. The molecule has 0 spiro atoms. The smallest absolute Gasteiger partial charge is 0.257 e. The van der Waals surface area contributed by atoms with Gasteiger partial charge in [-0.05, 0) is 42.5 Å². The largest absolute Gasteiger partial charge is 0.375 e. The number of benzene rings is 1. The Hall–Kier alpha value is -3.12. The number of fused-ring (bicyclic) bond motifs is 1. The second kappa shape index (κ2) is 6.97. The fraction of sp³-hybridized carbons (Fsp3) is 0.111. The number of ether oxygens (including phenoxy) is 1. The fourth-order valence-electron chi connectivity index (χ4n) is 2.35. The van der Waals surface area contributed by atoms with E-state index in [0.717, 1.165) is 5.52 Å². The molecule has 2 heterocycles. The Kier molecular flexibility index (Phi) is 4.58. The van der Waals surface area contributed by atoms with Crippen LogP contribution in [-0.2, 0) is 9.53 Å². The van der Waals surface area contributed by atoms with Crippen molar-refractivity contribution >= 4 is 28.7 Å². The van der Waals surface area contributed by atoms with Crippen LogP contribution < -0.4 is 10.6 Å². The lowest BCUT2D eigenvalue weighted by molar-refractivity contribution is -0.119. The lowest BCUT2D eigenvalue weighted by atomic mass is 10.2. The topological polar surface area (TPSA) is 71.8 Å². The molecule has 6 nitrogen and oxygen atoms in total. The molecule has 122 valence electrons. The van der Waals surface area contributed by atoms with Gasteiger partial charge in [0.1, 0.15) is 6.61 Å². The van der Waals surface area contributed by atoms with E-state index in [1.807, 2.05) is 34.9 Å². The zero-order chi connectivity index (χ0) is 16.9. The summed E-state index contributed by atoms with van der Waals surface area (Å²) in [5.41, 5.74) is 2.84. The first-order valence-corrected chi connectivity index (χ1v) is 7.42. The van der Waals surface area contributed by atoms with Crippen molar-refractivity contribution < 1.29 is 14.3 Å². The Morgan fingerprint density at radius 1 is 1.04 bits per heavy atom. The van der Waals surface area contributed by atoms with Crippen molar-refractivity contribution in [2.75, 3.05) is 24.4 Å². The zero-order valence-electron chi connectivity index (χ0n) is 13.2. The molecular weight excluding hydrogens is 306 g/mol. The summed E-state index contributed by atoms with van der Waals surface area (Å²) in [5.74, 6) is -0.412. The van der Waals surface area contributed by atoms with Gasteiger partial charge in [0.25, 0.3) is 5.91 Å². The summed E-state index contributed by atoms with van der Waals surface area (Å²) in [6.45, 7) is 0.000697. The molecule has 0 aliphatic rings. The van der Waals surface area contributed by atoms with Gasteiger partial charge in [-0.25, -0.2) is 0 Å². The predicted molar refractivity (Wildman–Crippen MR) is 92.3 cm³/mol. The van der Waals surface area contributed by atoms with Gasteiger partial charge in [-0.15, -0.1) is 0 Å². The second-order valence-electron chi connectivity index (χ2n) is 5.27. The van der Waals surface area contributed by atoms with E-state index in [1.54, 1.807) is 30.5 Å². The highest BCUT2D eigenvalue weighted by Crippen LogP contribution is 2.16. The van der Waals surface area contributed by atoms with Crippen LogP contribution in [-0.4, -0.2) is 29.9 Å². The van der Waals surface area contributed by atoms with Gasteiger partial charge >= 0.3 is 0 Å². The predicted octanol–water partition coefficient (Wildman–Crippen LogP) is 2.78. The summed E-state index contributed by atoms with van der Waals surface area (Å²) >= 11 is 0. The van der Waals surface area contributed by atoms with Crippen molar-refractivity contribution in [2.24, 2.45) is 0 Å². The van der Waals surface area contributed by atoms with Crippen LogP contribution in [0, 0.1) is 0 Å². The monoisotopic (exact) mass is 323 g/mol. The Balaban J connectivity index is 1.67. The van der Waals surface area contributed by atoms with E-state index in [-0.39, 0.29) is 18.4 Å². The van der Waals surface area contributed by atoms with Gasteiger partial charge in [-0.2, -0.15) is 0 Å². The van der Waals surface area contributed by atoms with Crippen LogP contribution in [0.5, 0.6) is 0 Å². The van der Waals surface area contributed by atoms with E-state index < -0.39 is 0 Å². The molecule has 3 rings (SSSR count). The van der Waals surface area contributed by atoms with Crippen LogP contribution in [0.1, 0.15) is 10.4 Å². The molecule has 2 aromatic heterocycles. The zero-order valence-corrected chi connectivity index (χ0v) is 13.2. The third-order valence-electron chi connectivity index (χ3n) is 3.47. The maximum Gasteiger partial charge on any atom is 0.257 e. The van der Waals surface area contributed by atoms with Crippen LogP contribution >= 0.6 is 0 Å². The normalized spacial score (nSPS) is 10.5. The SMILES string of the molecule is COCC(=O)Nc1ccc(NC(=O)c2cc3ccccn3c2)cc1. The Bertz CT molecular complexity index is 836. The standard InChI is InChI=1S/C18H17N3O3/c1-24-12-17(22)19-14-5-7-15(8-6-14)20-18(23)13-10-16-4-2-3-9-21(16)11-13/h2-11H,12H2,1H3,(H,19,22)(H,20,23). The molecule has 0 aliphatic heterocycles. The maximum atomic E-state index is 12.3. The first-order chi connectivity index (χ1) is 11.7. The quantitative estimate of drug-likeness (QED) is 0.758. The highest BCUT2D eigenvalue weighted by atomic mass is 16.5. The minimum Gasteiger partial charge on any atom is -0.375 e. The second-order valence-corrected chi connectivity index (χ2v) is 5.27. The van der Waals surface area contributed by atoms with Gasteiger partial charge in [0, 0.05) is 36.4 Å². The number of carbonyl (C=O) groups is 2. The molecule has 24 heavy (non-hydrogen) atoms. The van der Waals surface area contributed by atoms with Gasteiger partial charge in [0.05, 0.1) is 5.56 Å². The number of aromatic nitrogens is 1. The van der Waals surface area contributed by atoms with E-state index in [1.165, 1.54) is 7.11 Å². The van der Waals surface area contributed by atoms with Crippen molar-refractivity contribution in [2.45, 2.75) is 0 Å². The van der Waals surface area contributed by atoms with E-state index in [2.05, 4.69) is 10.6 Å². The van der Waals surface area contributed by atoms with E-state index in [9.17, 15) is 9.59 Å². The van der Waals surface area contributed by atoms with Crippen LogP contribution in [0.2, 0.25) is 0 Å². The molecule has 0 atom stereocenters. The third-order valence-corrected chi connectivity index (χ3v) is 3.47. The first kappa shape index (κ1) is 15.8. The number of nitrogens with zero attached hydrogens (tertiary/aromatic N) is 1. The van der Waals surface area contributed by atoms with Gasteiger partial charge < -0.3 is 19.8 Å². The Labute approximate surface area is 139 Å². The minimum atomic E-state index is -0.227. The van der Waals surface area contributed by atoms with Crippen molar-refractivity contribution in [1.29, 1.82) is 0 Å². The Morgan fingerprint density at radius 2 is 1.75 bits per heavy atom. The Morgan fingerprint density at radius 3 is 2.42 bits per heavy atom. The molecule has 1 aromatic carbocycles. The van der Waals surface area contributed by atoms with E-state index in [4.69, 9.17) is 4.74 Å². The number of nitrogens with one attached hydrogen (secondary N) is 2. The van der Waals surface area contributed by atoms with Crippen LogP contribution in [0.15, 0.2) is 60.9 Å². The fourth-order valence-corrected chi connectivity index (χ4v) is 2.35. The van der Waals surface area contributed by atoms with Crippen LogP contribution in [0.25, 0.3) is 5.52 Å². The number of rotatable bonds is 5. The summed E-state index contributed by atoms with van der Waals surface area (Å²) in [6.07, 6.45) is 3.67. The van der Waals surface area contributed by atoms with E-state index in [0.29, 0.717) is 16.9 Å². The number of hydrogen-bond donors (Lipinski definition) is 2. The van der Waals surface area contributed by atoms with Crippen molar-refractivity contribution in [3.8, 4) is 0 Å². The number of amides is 2. The average Bonchev–Trinajstić information content (AvgIpc) is 3.01. The summed E-state index contributed by atoms with van der Waals surface area (Å²) < 4.78 is 6.65. The van der Waals surface area contributed by atoms with Crippen LogP contribution in [0.4, 0.5) is 11.4 Å². The lowest BCUT2D eigenvalue weighted by Crippen LogP contribution is -2.17. The van der Waals surface area contributed by atoms with Crippen molar-refractivity contribution in [1.82, 2.24) is 4.40 Å². The molecule has 0 radical (unpaired) electrons. The molecule has 0 bridgehead atoms. The van der Waals surface area contributed by atoms with Gasteiger partial charge in [-0.1, -0.05) is 6.07 Å². The van der Waals surface area contributed by atoms with Gasteiger partial charge in [0.2, 0.25) is 5.91 Å². The molecule has 0 fully saturated rings. The number of pyridine rings is 1. The maximum absolute atomic E-state index is 12.3. The van der Waals surface area contributed by atoms with Gasteiger partial charge in [-0.3, -0.25) is 9.59 Å². The molecule has 2 amide bonds. The molecule has 6 heteroatoms. The lowest BCUT2D eigenvalue weighted by Gasteiger charge is -2.07. The summed E-state index contributed by atoms with van der Waals surface area (Å²) in [6, 6.07) is 14.5. The molecule has 3 aromatic rings. The molecule has 0 saturated heterocycles.